The Kier molecular flexibility index (Phi) is 4.46. The Bertz CT molecular complexity index is 945. The SMILES string of the molecule is NC(=O)N1CC[C@](Cc2csc3c(N)nccc23)(OC(=O)C(F)(F)F)C1=O. The highest BCUT2D eigenvalue weighted by atomic mass is 32.1. The number of anilines is 1. The minimum Gasteiger partial charge on any atom is -0.442 e. The third kappa shape index (κ3) is 3.27. The van der Waals surface area contributed by atoms with Crippen molar-refractivity contribution in [2.45, 2.75) is 24.6 Å². The number of fused-ring (bicyclic) bond motifs is 1. The number of nitrogens with two attached hydrogens (primary N) is 2. The maximum Gasteiger partial charge on any atom is 0.490 e. The molecule has 2 aromatic rings. The van der Waals surface area contributed by atoms with E-state index in [0.29, 0.717) is 20.5 Å². The first-order valence-corrected chi connectivity index (χ1v) is 8.45. The van der Waals surface area contributed by atoms with Gasteiger partial charge in [-0.15, -0.1) is 11.3 Å². The molecule has 12 heteroatoms. The Labute approximate surface area is 153 Å². The van der Waals surface area contributed by atoms with Crippen molar-refractivity contribution in [1.82, 2.24) is 9.88 Å². The van der Waals surface area contributed by atoms with E-state index in [4.69, 9.17) is 11.5 Å². The van der Waals surface area contributed by atoms with E-state index in [1.54, 1.807) is 11.4 Å². The number of nitrogens with zero attached hydrogens (tertiary/aromatic N) is 2. The number of hydrogen-bond acceptors (Lipinski definition) is 7. The fraction of sp³-hybridized carbons (Fsp3) is 0.333. The summed E-state index contributed by atoms with van der Waals surface area (Å²) in [5, 5.41) is 2.16. The molecule has 8 nitrogen and oxygen atoms in total. The fourth-order valence-electron chi connectivity index (χ4n) is 2.97. The van der Waals surface area contributed by atoms with Crippen LogP contribution in [0.1, 0.15) is 12.0 Å². The number of alkyl halides is 3. The molecule has 0 spiro atoms. The molecule has 1 fully saturated rings. The molecule has 3 amide bonds. The van der Waals surface area contributed by atoms with Crippen LogP contribution in [0.3, 0.4) is 0 Å². The van der Waals surface area contributed by atoms with Gasteiger partial charge in [-0.2, -0.15) is 13.2 Å². The Morgan fingerprint density at radius 3 is 2.70 bits per heavy atom. The number of carbonyl (C=O) groups is 3. The topological polar surface area (TPSA) is 129 Å². The van der Waals surface area contributed by atoms with Crippen molar-refractivity contribution < 1.29 is 32.3 Å². The molecule has 1 aliphatic rings. The summed E-state index contributed by atoms with van der Waals surface area (Å²) in [7, 11) is 0. The highest BCUT2D eigenvalue weighted by molar-refractivity contribution is 7.18. The number of nitrogen functional groups attached to an aromatic ring is 1. The molecule has 1 aliphatic heterocycles. The Hall–Kier alpha value is -2.89. The van der Waals surface area contributed by atoms with Crippen molar-refractivity contribution in [3.8, 4) is 0 Å². The third-order valence-corrected chi connectivity index (χ3v) is 5.30. The second kappa shape index (κ2) is 6.37. The standard InChI is InChI=1S/C15H13F3N4O4S/c16-15(17,18)12(24)26-14(2-4-22(11(14)23)13(20)25)5-7-6-27-9-8(7)1-3-21-10(9)19/h1,3,6H,2,4-5H2,(H2,19,21)(H2,20,25)/t14-/m1/s1. The predicted molar refractivity (Wildman–Crippen MR) is 88.5 cm³/mol. The molecular formula is C15H13F3N4O4S. The molecule has 144 valence electrons. The first-order chi connectivity index (χ1) is 12.5. The molecule has 0 saturated carbocycles. The summed E-state index contributed by atoms with van der Waals surface area (Å²) in [6.45, 7) is -0.259. The summed E-state index contributed by atoms with van der Waals surface area (Å²) >= 11 is 1.19. The number of amides is 3. The first-order valence-electron chi connectivity index (χ1n) is 7.57. The van der Waals surface area contributed by atoms with Gasteiger partial charge in [0.25, 0.3) is 5.91 Å². The van der Waals surface area contributed by atoms with Crippen LogP contribution in [-0.4, -0.2) is 46.1 Å². The number of halogens is 3. The van der Waals surface area contributed by atoms with E-state index in [-0.39, 0.29) is 25.2 Å². The number of imide groups is 1. The molecule has 3 rings (SSSR count). The van der Waals surface area contributed by atoms with E-state index in [2.05, 4.69) is 9.72 Å². The maximum absolute atomic E-state index is 12.7. The number of ether oxygens (including phenoxy) is 1. The number of thiophene rings is 1. The number of likely N-dealkylation sites (tertiary alicyclic amines) is 1. The van der Waals surface area contributed by atoms with E-state index >= 15 is 0 Å². The monoisotopic (exact) mass is 402 g/mol. The van der Waals surface area contributed by atoms with Gasteiger partial charge in [0.1, 0.15) is 5.82 Å². The summed E-state index contributed by atoms with van der Waals surface area (Å²) in [6.07, 6.45) is -4.55. The second-order valence-electron chi connectivity index (χ2n) is 5.94. The molecule has 0 bridgehead atoms. The van der Waals surface area contributed by atoms with Gasteiger partial charge in [-0.05, 0) is 17.0 Å². The summed E-state index contributed by atoms with van der Waals surface area (Å²) in [5.41, 5.74) is 9.11. The number of carbonyl (C=O) groups excluding carboxylic acids is 3. The fourth-order valence-corrected chi connectivity index (χ4v) is 3.94. The normalized spacial score (nSPS) is 20.3. The molecule has 1 saturated heterocycles. The van der Waals surface area contributed by atoms with Gasteiger partial charge in [0.15, 0.2) is 5.60 Å². The van der Waals surface area contributed by atoms with E-state index in [9.17, 15) is 27.6 Å². The van der Waals surface area contributed by atoms with Gasteiger partial charge in [0, 0.05) is 31.0 Å². The van der Waals surface area contributed by atoms with Crippen LogP contribution in [0.4, 0.5) is 23.8 Å². The number of urea groups is 1. The van der Waals surface area contributed by atoms with Crippen LogP contribution in [0, 0.1) is 0 Å². The van der Waals surface area contributed by atoms with Crippen LogP contribution in [0.2, 0.25) is 0 Å². The van der Waals surface area contributed by atoms with E-state index < -0.39 is 29.7 Å². The molecule has 4 N–H and O–H groups in total. The summed E-state index contributed by atoms with van der Waals surface area (Å²) in [4.78, 5) is 39.9. The van der Waals surface area contributed by atoms with E-state index in [1.807, 2.05) is 0 Å². The number of pyridine rings is 1. The number of esters is 1. The zero-order chi connectivity index (χ0) is 20.0. The van der Waals surface area contributed by atoms with Crippen LogP contribution < -0.4 is 11.5 Å². The van der Waals surface area contributed by atoms with Crippen LogP contribution in [0.25, 0.3) is 10.1 Å². The average Bonchev–Trinajstić information content (AvgIpc) is 3.11. The molecule has 2 aromatic heterocycles. The summed E-state index contributed by atoms with van der Waals surface area (Å²) in [5.74, 6) is -3.38. The van der Waals surface area contributed by atoms with Crippen LogP contribution in [0.5, 0.6) is 0 Å². The van der Waals surface area contributed by atoms with E-state index in [1.165, 1.54) is 17.5 Å². The quantitative estimate of drug-likeness (QED) is 0.750. The zero-order valence-corrected chi connectivity index (χ0v) is 14.4. The van der Waals surface area contributed by atoms with Gasteiger partial charge in [-0.3, -0.25) is 9.69 Å². The number of aromatic nitrogens is 1. The lowest BCUT2D eigenvalue weighted by atomic mass is 9.92. The lowest BCUT2D eigenvalue weighted by Crippen LogP contribution is -2.50. The van der Waals surface area contributed by atoms with Gasteiger partial charge in [-0.25, -0.2) is 14.6 Å². The van der Waals surface area contributed by atoms with Crippen LogP contribution in [-0.2, 0) is 20.7 Å². The summed E-state index contributed by atoms with van der Waals surface area (Å²) < 4.78 is 43.4. The summed E-state index contributed by atoms with van der Waals surface area (Å²) in [6, 6.07) is 0.454. The van der Waals surface area contributed by atoms with Crippen molar-refractivity contribution in [2.75, 3.05) is 12.3 Å². The van der Waals surface area contributed by atoms with Crippen molar-refractivity contribution >= 4 is 45.1 Å². The number of primary amides is 1. The van der Waals surface area contributed by atoms with Gasteiger partial charge < -0.3 is 16.2 Å². The number of hydrogen-bond donors (Lipinski definition) is 2. The van der Waals surface area contributed by atoms with Gasteiger partial charge in [0.05, 0.1) is 4.70 Å². The molecule has 0 aliphatic carbocycles. The smallest absolute Gasteiger partial charge is 0.442 e. The minimum absolute atomic E-state index is 0.224. The number of rotatable bonds is 3. The lowest BCUT2D eigenvalue weighted by molar-refractivity contribution is -0.213. The average molecular weight is 402 g/mol. The van der Waals surface area contributed by atoms with Crippen molar-refractivity contribution in [3.63, 3.8) is 0 Å². The van der Waals surface area contributed by atoms with Gasteiger partial charge >= 0.3 is 18.2 Å². The van der Waals surface area contributed by atoms with Crippen molar-refractivity contribution in [3.05, 3.63) is 23.2 Å². The maximum atomic E-state index is 12.7. The molecule has 0 radical (unpaired) electrons. The minimum atomic E-state index is -5.29. The molecular weight excluding hydrogens is 389 g/mol. The van der Waals surface area contributed by atoms with Crippen molar-refractivity contribution in [1.29, 1.82) is 0 Å². The highest BCUT2D eigenvalue weighted by Crippen LogP contribution is 2.37. The highest BCUT2D eigenvalue weighted by Gasteiger charge is 2.55. The molecule has 1 atom stereocenters. The van der Waals surface area contributed by atoms with Crippen LogP contribution in [0.15, 0.2) is 17.6 Å². The van der Waals surface area contributed by atoms with E-state index in [0.717, 1.165) is 0 Å². The Morgan fingerprint density at radius 1 is 1.41 bits per heavy atom. The van der Waals surface area contributed by atoms with Crippen LogP contribution >= 0.6 is 11.3 Å². The van der Waals surface area contributed by atoms with Crippen molar-refractivity contribution in [2.24, 2.45) is 5.73 Å². The predicted octanol–water partition coefficient (Wildman–Crippen LogP) is 1.58. The second-order valence-corrected chi connectivity index (χ2v) is 6.82. The molecule has 27 heavy (non-hydrogen) atoms. The Morgan fingerprint density at radius 2 is 2.11 bits per heavy atom. The first kappa shape index (κ1) is 18.9. The third-order valence-electron chi connectivity index (χ3n) is 4.23. The molecule has 3 heterocycles. The molecule has 0 aromatic carbocycles. The molecule has 0 unspecified atom stereocenters. The van der Waals surface area contributed by atoms with Gasteiger partial charge in [-0.1, -0.05) is 0 Å². The lowest BCUT2D eigenvalue weighted by Gasteiger charge is -2.27. The zero-order valence-electron chi connectivity index (χ0n) is 13.6. The van der Waals surface area contributed by atoms with Gasteiger partial charge in [0.2, 0.25) is 0 Å². The Balaban J connectivity index is 2.02. The largest absolute Gasteiger partial charge is 0.490 e.